The maximum atomic E-state index is 11.5. The summed E-state index contributed by atoms with van der Waals surface area (Å²) in [5, 5.41) is 15.3. The Morgan fingerprint density at radius 1 is 1.04 bits per heavy atom. The molecule has 0 aliphatic carbocycles. The monoisotopic (exact) mass is 363 g/mol. The van der Waals surface area contributed by atoms with Gasteiger partial charge < -0.3 is 32.5 Å². The molecule has 0 aromatic heterocycles. The number of primary amides is 1. The van der Waals surface area contributed by atoms with E-state index in [4.69, 9.17) is 16.6 Å². The van der Waals surface area contributed by atoms with Crippen molar-refractivity contribution < 1.29 is 29.1 Å². The number of rotatable bonds is 11. The highest BCUT2D eigenvalue weighted by Crippen LogP contribution is 1.93. The van der Waals surface area contributed by atoms with E-state index in [-0.39, 0.29) is 18.6 Å². The fourth-order valence-corrected chi connectivity index (χ4v) is 1.65. The average Bonchev–Trinajstić information content (AvgIpc) is 2.52. The molecule has 0 rings (SSSR count). The van der Waals surface area contributed by atoms with Crippen molar-refractivity contribution in [2.45, 2.75) is 24.9 Å². The Balaban J connectivity index is 4.05. The Morgan fingerprint density at radius 2 is 1.62 bits per heavy atom. The largest absolute Gasteiger partial charge is 0.480 e. The molecule has 0 aliphatic rings. The molecule has 0 aliphatic heterocycles. The molecule has 0 saturated carbocycles. The Morgan fingerprint density at radius 3 is 2.12 bits per heavy atom. The summed E-state index contributed by atoms with van der Waals surface area (Å²) in [6.07, 6.45) is -0.0116. The fraction of sp³-hybridized carbons (Fsp3) is 0.583. The second kappa shape index (κ2) is 11.2. The number of thiol groups is 1. The van der Waals surface area contributed by atoms with Gasteiger partial charge in [-0.05, 0) is 6.42 Å². The van der Waals surface area contributed by atoms with Crippen LogP contribution in [0.4, 0.5) is 0 Å². The van der Waals surface area contributed by atoms with Crippen molar-refractivity contribution in [2.24, 2.45) is 11.5 Å². The Bertz CT molecular complexity index is 500. The molecule has 0 bridgehead atoms. The predicted octanol–water partition coefficient (Wildman–Crippen LogP) is -3.69. The van der Waals surface area contributed by atoms with Crippen molar-refractivity contribution >= 4 is 42.2 Å². The molecule has 4 amide bonds. The number of nitrogens with two attached hydrogens (primary N) is 2. The number of amides is 4. The number of carbonyl (C=O) groups is 5. The summed E-state index contributed by atoms with van der Waals surface area (Å²) in [5.41, 5.74) is 10.4. The summed E-state index contributed by atoms with van der Waals surface area (Å²) in [6, 6.07) is -2.15. The molecule has 0 radical (unpaired) electrons. The molecule has 12 heteroatoms. The van der Waals surface area contributed by atoms with Gasteiger partial charge in [0.15, 0.2) is 0 Å². The van der Waals surface area contributed by atoms with Crippen LogP contribution < -0.4 is 27.4 Å². The van der Waals surface area contributed by atoms with E-state index in [1.165, 1.54) is 0 Å². The molecule has 0 aromatic rings. The zero-order valence-corrected chi connectivity index (χ0v) is 13.7. The van der Waals surface area contributed by atoms with Crippen LogP contribution in [0.1, 0.15) is 12.8 Å². The first-order chi connectivity index (χ1) is 11.2. The minimum atomic E-state index is -1.25. The number of carboxylic acid groups (broad SMARTS) is 1. The minimum Gasteiger partial charge on any atom is -0.480 e. The van der Waals surface area contributed by atoms with Crippen LogP contribution in [0.5, 0.6) is 0 Å². The fourth-order valence-electron chi connectivity index (χ4n) is 1.40. The van der Waals surface area contributed by atoms with E-state index < -0.39 is 54.8 Å². The maximum absolute atomic E-state index is 11.5. The molecule has 11 nitrogen and oxygen atoms in total. The molecule has 0 heterocycles. The zero-order chi connectivity index (χ0) is 18.7. The highest BCUT2D eigenvalue weighted by atomic mass is 32.1. The molecule has 0 aromatic carbocycles. The first kappa shape index (κ1) is 21.7. The van der Waals surface area contributed by atoms with Crippen molar-refractivity contribution in [1.82, 2.24) is 16.0 Å². The van der Waals surface area contributed by atoms with E-state index in [9.17, 15) is 24.0 Å². The molecule has 136 valence electrons. The topological polar surface area (TPSA) is 194 Å². The van der Waals surface area contributed by atoms with E-state index in [1.807, 2.05) is 0 Å². The van der Waals surface area contributed by atoms with Gasteiger partial charge in [0.1, 0.15) is 6.04 Å². The van der Waals surface area contributed by atoms with Crippen molar-refractivity contribution in [1.29, 1.82) is 0 Å². The van der Waals surface area contributed by atoms with Crippen LogP contribution in [0, 0.1) is 0 Å². The molecular weight excluding hydrogens is 342 g/mol. The quantitative estimate of drug-likeness (QED) is 0.183. The maximum Gasteiger partial charge on any atom is 0.327 e. The summed E-state index contributed by atoms with van der Waals surface area (Å²) in [4.78, 5) is 55.7. The summed E-state index contributed by atoms with van der Waals surface area (Å²) >= 11 is 3.77. The Labute approximate surface area is 143 Å². The summed E-state index contributed by atoms with van der Waals surface area (Å²) in [6.45, 7) is -0.884. The molecule has 24 heavy (non-hydrogen) atoms. The Hall–Kier alpha value is -2.34. The van der Waals surface area contributed by atoms with E-state index in [0.29, 0.717) is 0 Å². The van der Waals surface area contributed by atoms with Gasteiger partial charge in [-0.25, -0.2) is 4.79 Å². The third-order valence-electron chi connectivity index (χ3n) is 2.72. The van der Waals surface area contributed by atoms with Gasteiger partial charge in [0, 0.05) is 12.2 Å². The van der Waals surface area contributed by atoms with Gasteiger partial charge >= 0.3 is 5.97 Å². The van der Waals surface area contributed by atoms with Gasteiger partial charge in [0.2, 0.25) is 23.6 Å². The van der Waals surface area contributed by atoms with E-state index in [1.54, 1.807) is 0 Å². The van der Waals surface area contributed by atoms with Gasteiger partial charge in [0.05, 0.1) is 19.1 Å². The van der Waals surface area contributed by atoms with Crippen LogP contribution >= 0.6 is 12.6 Å². The van der Waals surface area contributed by atoms with Gasteiger partial charge in [-0.2, -0.15) is 12.6 Å². The van der Waals surface area contributed by atoms with Crippen LogP contribution in [0.25, 0.3) is 0 Å². The second-order valence-electron chi connectivity index (χ2n) is 4.75. The number of aliphatic carboxylic acids is 1. The Kier molecular flexibility index (Phi) is 10.1. The van der Waals surface area contributed by atoms with Crippen molar-refractivity contribution in [3.8, 4) is 0 Å². The van der Waals surface area contributed by atoms with Crippen LogP contribution in [-0.4, -0.2) is 65.6 Å². The summed E-state index contributed by atoms with van der Waals surface area (Å²) in [7, 11) is 0. The van der Waals surface area contributed by atoms with E-state index in [2.05, 4.69) is 28.6 Å². The smallest absolute Gasteiger partial charge is 0.327 e. The number of carbonyl (C=O) groups excluding carboxylic acids is 4. The molecule has 2 unspecified atom stereocenters. The van der Waals surface area contributed by atoms with Crippen molar-refractivity contribution in [3.63, 3.8) is 0 Å². The molecular formula is C12H21N5O6S. The van der Waals surface area contributed by atoms with E-state index >= 15 is 0 Å². The normalized spacial score (nSPS) is 12.6. The molecule has 2 atom stereocenters. The van der Waals surface area contributed by atoms with Crippen LogP contribution in [0.3, 0.4) is 0 Å². The predicted molar refractivity (Wildman–Crippen MR) is 85.8 cm³/mol. The second-order valence-corrected chi connectivity index (χ2v) is 5.11. The zero-order valence-electron chi connectivity index (χ0n) is 12.8. The highest BCUT2D eigenvalue weighted by molar-refractivity contribution is 7.80. The first-order valence-corrected chi connectivity index (χ1v) is 7.52. The number of hydrogen-bond acceptors (Lipinski definition) is 7. The minimum absolute atomic E-state index is 0.0471. The lowest BCUT2D eigenvalue weighted by atomic mass is 10.1. The third kappa shape index (κ3) is 9.63. The number of hydrogen-bond donors (Lipinski definition) is 7. The van der Waals surface area contributed by atoms with Gasteiger partial charge in [-0.1, -0.05) is 0 Å². The highest BCUT2D eigenvalue weighted by Gasteiger charge is 2.19. The van der Waals surface area contributed by atoms with Crippen LogP contribution in [-0.2, 0) is 24.0 Å². The first-order valence-electron chi connectivity index (χ1n) is 6.88. The lowest BCUT2D eigenvalue weighted by Gasteiger charge is -2.13. The van der Waals surface area contributed by atoms with Gasteiger partial charge in [-0.3, -0.25) is 19.2 Å². The van der Waals surface area contributed by atoms with Gasteiger partial charge in [-0.15, -0.1) is 0 Å². The van der Waals surface area contributed by atoms with Crippen LogP contribution in [0.15, 0.2) is 0 Å². The van der Waals surface area contributed by atoms with Crippen molar-refractivity contribution in [2.75, 3.05) is 18.8 Å². The number of nitrogens with one attached hydrogen (secondary N) is 3. The summed E-state index contributed by atoms with van der Waals surface area (Å²) in [5.74, 6) is -3.97. The van der Waals surface area contributed by atoms with Crippen LogP contribution in [0.2, 0.25) is 0 Å². The van der Waals surface area contributed by atoms with E-state index in [0.717, 1.165) is 0 Å². The standard InChI is InChI=1S/C12H21N5O6S/c13-6(1-2-8(14)18)11(21)16-3-9(19)15-4-10(20)17-7(5-24)12(22)23/h6-7,24H,1-5,13H2,(H2,14,18)(H,15,19)(H,16,21)(H,17,20)(H,22,23). The molecule has 0 spiro atoms. The van der Waals surface area contributed by atoms with Gasteiger partial charge in [0.25, 0.3) is 0 Å². The SMILES string of the molecule is NC(=O)CCC(N)C(=O)NCC(=O)NCC(=O)NC(CS)C(=O)O. The van der Waals surface area contributed by atoms with Crippen molar-refractivity contribution in [3.05, 3.63) is 0 Å². The third-order valence-corrected chi connectivity index (χ3v) is 3.09. The summed E-state index contributed by atoms with van der Waals surface area (Å²) < 4.78 is 0. The molecule has 0 saturated heterocycles. The lowest BCUT2D eigenvalue weighted by molar-refractivity contribution is -0.141. The number of carboxylic acids is 1. The lowest BCUT2D eigenvalue weighted by Crippen LogP contribution is -2.49. The average molecular weight is 363 g/mol. The molecule has 8 N–H and O–H groups in total. The molecule has 0 fully saturated rings.